The van der Waals surface area contributed by atoms with Gasteiger partial charge < -0.3 is 10.5 Å². The summed E-state index contributed by atoms with van der Waals surface area (Å²) >= 11 is 0. The van der Waals surface area contributed by atoms with Crippen LogP contribution in [0.15, 0.2) is 18.2 Å². The summed E-state index contributed by atoms with van der Waals surface area (Å²) in [5.74, 6) is -6.45. The van der Waals surface area contributed by atoms with Gasteiger partial charge >= 0.3 is 12.3 Å². The second-order valence-corrected chi connectivity index (χ2v) is 3.41. The summed E-state index contributed by atoms with van der Waals surface area (Å²) in [6, 6.07) is 2.88. The normalized spacial score (nSPS) is 11.7. The number of nitrogens with two attached hydrogens (primary N) is 1. The number of hydrogen-bond acceptors (Lipinski definition) is 2. The third-order valence-electron chi connectivity index (χ3n) is 1.98. The molecule has 0 unspecified atom stereocenters. The van der Waals surface area contributed by atoms with Crippen molar-refractivity contribution in [3.63, 3.8) is 0 Å². The summed E-state index contributed by atoms with van der Waals surface area (Å²) < 4.78 is 66.2. The van der Waals surface area contributed by atoms with E-state index in [-0.39, 0.29) is 5.56 Å². The SMILES string of the molecule is N=C(N)c1ccc(OCC(F)(F)C(F)F)c(F)c1. The van der Waals surface area contributed by atoms with Gasteiger partial charge in [-0.15, -0.1) is 0 Å². The first-order valence-electron chi connectivity index (χ1n) is 4.67. The zero-order valence-corrected chi connectivity index (χ0v) is 8.89. The lowest BCUT2D eigenvalue weighted by molar-refractivity contribution is -0.148. The highest BCUT2D eigenvalue weighted by Crippen LogP contribution is 2.25. The van der Waals surface area contributed by atoms with Gasteiger partial charge in [-0.3, -0.25) is 5.41 Å². The molecule has 1 rings (SSSR count). The van der Waals surface area contributed by atoms with Crippen molar-refractivity contribution in [2.45, 2.75) is 12.3 Å². The van der Waals surface area contributed by atoms with Crippen LogP contribution in [0.25, 0.3) is 0 Å². The molecule has 18 heavy (non-hydrogen) atoms. The quantitative estimate of drug-likeness (QED) is 0.489. The maximum Gasteiger partial charge on any atom is 0.340 e. The van der Waals surface area contributed by atoms with E-state index in [1.807, 2.05) is 0 Å². The Kier molecular flexibility index (Phi) is 4.10. The number of nitrogen functional groups attached to an aromatic ring is 1. The maximum atomic E-state index is 13.3. The lowest BCUT2D eigenvalue weighted by atomic mass is 10.2. The van der Waals surface area contributed by atoms with Crippen LogP contribution in [0.3, 0.4) is 0 Å². The smallest absolute Gasteiger partial charge is 0.340 e. The van der Waals surface area contributed by atoms with Crippen LogP contribution in [0.1, 0.15) is 5.56 Å². The number of ether oxygens (including phenoxy) is 1. The van der Waals surface area contributed by atoms with Crippen LogP contribution < -0.4 is 10.5 Å². The molecule has 0 fully saturated rings. The largest absolute Gasteiger partial charge is 0.484 e. The molecule has 0 aliphatic heterocycles. The molecule has 0 aliphatic carbocycles. The Bertz CT molecular complexity index is 450. The summed E-state index contributed by atoms with van der Waals surface area (Å²) in [5, 5.41) is 7.01. The van der Waals surface area contributed by atoms with Gasteiger partial charge in [0.1, 0.15) is 5.84 Å². The number of amidine groups is 1. The molecule has 0 amide bonds. The van der Waals surface area contributed by atoms with Crippen molar-refractivity contribution in [2.24, 2.45) is 5.73 Å². The Hall–Kier alpha value is -1.86. The molecule has 8 heteroatoms. The molecule has 100 valence electrons. The van der Waals surface area contributed by atoms with Gasteiger partial charge in [0.25, 0.3) is 0 Å². The second-order valence-electron chi connectivity index (χ2n) is 3.41. The fraction of sp³-hybridized carbons (Fsp3) is 0.300. The van der Waals surface area contributed by atoms with Crippen molar-refractivity contribution in [3.8, 4) is 5.75 Å². The third-order valence-corrected chi connectivity index (χ3v) is 1.98. The van der Waals surface area contributed by atoms with E-state index in [0.29, 0.717) is 0 Å². The minimum atomic E-state index is -4.36. The van der Waals surface area contributed by atoms with Gasteiger partial charge in [-0.05, 0) is 18.2 Å². The molecule has 3 nitrogen and oxygen atoms in total. The Morgan fingerprint density at radius 2 is 2.00 bits per heavy atom. The van der Waals surface area contributed by atoms with E-state index in [9.17, 15) is 22.0 Å². The topological polar surface area (TPSA) is 59.1 Å². The Morgan fingerprint density at radius 3 is 2.44 bits per heavy atom. The van der Waals surface area contributed by atoms with Crippen LogP contribution in [0, 0.1) is 11.2 Å². The number of benzene rings is 1. The van der Waals surface area contributed by atoms with Crippen molar-refractivity contribution in [3.05, 3.63) is 29.6 Å². The number of halogens is 5. The number of alkyl halides is 4. The van der Waals surface area contributed by atoms with Gasteiger partial charge in [0.2, 0.25) is 0 Å². The first kappa shape index (κ1) is 14.2. The average molecular weight is 268 g/mol. The van der Waals surface area contributed by atoms with Gasteiger partial charge in [0.05, 0.1) is 0 Å². The minimum Gasteiger partial charge on any atom is -0.484 e. The molecule has 0 spiro atoms. The zero-order valence-electron chi connectivity index (χ0n) is 8.89. The lowest BCUT2D eigenvalue weighted by Gasteiger charge is -2.16. The molecular weight excluding hydrogens is 259 g/mol. The fourth-order valence-electron chi connectivity index (χ4n) is 1.02. The third kappa shape index (κ3) is 3.31. The van der Waals surface area contributed by atoms with Gasteiger partial charge in [0, 0.05) is 5.56 Å². The van der Waals surface area contributed by atoms with Crippen LogP contribution in [0.5, 0.6) is 5.75 Å². The summed E-state index contributed by atoms with van der Waals surface area (Å²) in [6.45, 7) is -1.64. The number of hydrogen-bond donors (Lipinski definition) is 2. The Labute approximate surface area is 98.9 Å². The predicted octanol–water partition coefficient (Wildman–Crippen LogP) is 2.39. The maximum absolute atomic E-state index is 13.3. The molecule has 0 saturated carbocycles. The molecule has 0 atom stereocenters. The molecular formula is C10H9F5N2O. The van der Waals surface area contributed by atoms with Gasteiger partial charge in [-0.1, -0.05) is 0 Å². The van der Waals surface area contributed by atoms with E-state index >= 15 is 0 Å². The highest BCUT2D eigenvalue weighted by Gasteiger charge is 2.41. The van der Waals surface area contributed by atoms with Crippen molar-refractivity contribution in [1.82, 2.24) is 0 Å². The fourth-order valence-corrected chi connectivity index (χ4v) is 1.02. The molecule has 3 N–H and O–H groups in total. The van der Waals surface area contributed by atoms with Crippen molar-refractivity contribution in [2.75, 3.05) is 6.61 Å². The lowest BCUT2D eigenvalue weighted by Crippen LogP contribution is -2.33. The van der Waals surface area contributed by atoms with Gasteiger partial charge in [-0.25, -0.2) is 13.2 Å². The molecule has 0 aromatic heterocycles. The Balaban J connectivity index is 2.78. The zero-order chi connectivity index (χ0) is 13.9. The first-order chi connectivity index (χ1) is 8.24. The van der Waals surface area contributed by atoms with E-state index in [2.05, 4.69) is 4.74 Å². The van der Waals surface area contributed by atoms with Crippen LogP contribution in [0.2, 0.25) is 0 Å². The monoisotopic (exact) mass is 268 g/mol. The molecule has 0 aliphatic rings. The second kappa shape index (κ2) is 5.19. The number of nitrogens with one attached hydrogen (secondary N) is 1. The molecule has 1 aromatic carbocycles. The van der Waals surface area contributed by atoms with E-state index in [1.165, 1.54) is 0 Å². The predicted molar refractivity (Wildman–Crippen MR) is 53.9 cm³/mol. The minimum absolute atomic E-state index is 0.0282. The van der Waals surface area contributed by atoms with E-state index in [0.717, 1.165) is 18.2 Å². The van der Waals surface area contributed by atoms with E-state index in [1.54, 1.807) is 0 Å². The summed E-state index contributed by atoms with van der Waals surface area (Å²) in [4.78, 5) is 0. The summed E-state index contributed by atoms with van der Waals surface area (Å²) in [5.41, 5.74) is 5.10. The molecule has 1 aromatic rings. The Morgan fingerprint density at radius 1 is 1.39 bits per heavy atom. The summed E-state index contributed by atoms with van der Waals surface area (Å²) in [6.07, 6.45) is -3.89. The van der Waals surface area contributed by atoms with Crippen LogP contribution in [0.4, 0.5) is 22.0 Å². The van der Waals surface area contributed by atoms with E-state index in [4.69, 9.17) is 11.1 Å². The first-order valence-corrected chi connectivity index (χ1v) is 4.67. The van der Waals surface area contributed by atoms with Crippen LogP contribution in [-0.4, -0.2) is 24.8 Å². The van der Waals surface area contributed by atoms with Crippen LogP contribution in [-0.2, 0) is 0 Å². The van der Waals surface area contributed by atoms with Gasteiger partial charge in [0.15, 0.2) is 18.2 Å². The molecule has 0 bridgehead atoms. The molecule has 0 heterocycles. The molecule has 0 saturated heterocycles. The van der Waals surface area contributed by atoms with Crippen molar-refractivity contribution in [1.29, 1.82) is 5.41 Å². The average Bonchev–Trinajstić information content (AvgIpc) is 2.26. The highest BCUT2D eigenvalue weighted by molar-refractivity contribution is 5.95. The molecule has 0 radical (unpaired) electrons. The van der Waals surface area contributed by atoms with Crippen molar-refractivity contribution < 1.29 is 26.7 Å². The standard InChI is InChI=1S/C10H9F5N2O/c11-6-3-5(8(16)17)1-2-7(6)18-4-10(14,15)9(12)13/h1-3,9H,4H2,(H3,16,17). The van der Waals surface area contributed by atoms with Crippen molar-refractivity contribution >= 4 is 5.84 Å². The number of rotatable bonds is 5. The summed E-state index contributed by atoms with van der Waals surface area (Å²) in [7, 11) is 0. The van der Waals surface area contributed by atoms with Crippen LogP contribution >= 0.6 is 0 Å². The van der Waals surface area contributed by atoms with Gasteiger partial charge in [-0.2, -0.15) is 8.78 Å². The highest BCUT2D eigenvalue weighted by atomic mass is 19.3. The van der Waals surface area contributed by atoms with E-state index < -0.39 is 36.4 Å².